The highest BCUT2D eigenvalue weighted by atomic mass is 32.2. The maximum Gasteiger partial charge on any atom is 0.256 e. The average Bonchev–Trinajstić information content (AvgIpc) is 3.43. The van der Waals surface area contributed by atoms with Crippen LogP contribution in [-0.4, -0.2) is 39.0 Å². The smallest absolute Gasteiger partial charge is 0.256 e. The van der Waals surface area contributed by atoms with Crippen molar-refractivity contribution in [3.05, 3.63) is 70.7 Å². The first-order valence-corrected chi connectivity index (χ1v) is 12.1. The van der Waals surface area contributed by atoms with Crippen LogP contribution in [0.2, 0.25) is 0 Å². The van der Waals surface area contributed by atoms with Crippen molar-refractivity contribution in [1.29, 1.82) is 0 Å². The third-order valence-electron chi connectivity index (χ3n) is 5.40. The topological polar surface area (TPSA) is 72.1 Å². The highest BCUT2D eigenvalue weighted by Gasteiger charge is 2.29. The Balaban J connectivity index is 1.32. The van der Waals surface area contributed by atoms with Crippen molar-refractivity contribution in [1.82, 2.24) is 20.0 Å². The van der Waals surface area contributed by atoms with Crippen molar-refractivity contribution in [3.8, 4) is 0 Å². The molecule has 1 aliphatic rings. The minimum Gasteiger partial charge on any atom is -0.361 e. The molecule has 4 aromatic rings. The predicted molar refractivity (Wildman–Crippen MR) is 123 cm³/mol. The number of nitrogens with zero attached hydrogens (tertiary/aromatic N) is 4. The zero-order chi connectivity index (χ0) is 21.2. The van der Waals surface area contributed by atoms with Crippen molar-refractivity contribution >= 4 is 39.2 Å². The van der Waals surface area contributed by atoms with Crippen LogP contribution >= 0.6 is 23.1 Å². The number of pyridine rings is 1. The van der Waals surface area contributed by atoms with Crippen LogP contribution in [0.1, 0.15) is 45.6 Å². The van der Waals surface area contributed by atoms with Gasteiger partial charge in [0, 0.05) is 37.0 Å². The Morgan fingerprint density at radius 1 is 1.29 bits per heavy atom. The molecule has 8 heteroatoms. The molecule has 1 atom stereocenters. The van der Waals surface area contributed by atoms with E-state index in [0.29, 0.717) is 17.9 Å². The molecule has 0 N–H and O–H groups in total. The molecule has 1 aliphatic heterocycles. The second-order valence-electron chi connectivity index (χ2n) is 7.68. The minimum atomic E-state index is 0.0396. The molecule has 31 heavy (non-hydrogen) atoms. The van der Waals surface area contributed by atoms with Crippen LogP contribution in [0.25, 0.3) is 10.2 Å². The lowest BCUT2D eigenvalue weighted by Gasteiger charge is -2.32. The molecule has 6 nitrogen and oxygen atoms in total. The van der Waals surface area contributed by atoms with Crippen LogP contribution in [0.15, 0.2) is 58.2 Å². The van der Waals surface area contributed by atoms with Crippen molar-refractivity contribution in [2.75, 3.05) is 13.1 Å². The molecule has 158 valence electrons. The molecule has 3 aromatic heterocycles. The standard InChI is InChI=1S/C23H22N4O2S2/c1-15-12-17(26-29-15)14-30-22-18(7-4-10-24-22)23(28)27-11-5-6-16(13-27)21-25-19-8-2-3-9-20(19)31-21/h2-4,7-10,12,16H,5-6,11,13-14H2,1H3/t16-/m1/s1. The maximum atomic E-state index is 13.4. The third kappa shape index (κ3) is 4.36. The van der Waals surface area contributed by atoms with Gasteiger partial charge in [-0.25, -0.2) is 9.97 Å². The molecule has 0 unspecified atom stereocenters. The summed E-state index contributed by atoms with van der Waals surface area (Å²) in [5.74, 6) is 1.71. The Morgan fingerprint density at radius 3 is 3.03 bits per heavy atom. The number of piperidine rings is 1. The van der Waals surface area contributed by atoms with Crippen LogP contribution in [0.4, 0.5) is 0 Å². The number of carbonyl (C=O) groups excluding carboxylic acids is 1. The van der Waals surface area contributed by atoms with Crippen molar-refractivity contribution in [3.63, 3.8) is 0 Å². The highest BCUT2D eigenvalue weighted by molar-refractivity contribution is 7.98. The number of benzene rings is 1. The number of para-hydroxylation sites is 1. The summed E-state index contributed by atoms with van der Waals surface area (Å²) in [4.78, 5) is 24.7. The van der Waals surface area contributed by atoms with Gasteiger partial charge in [-0.2, -0.15) is 0 Å². The highest BCUT2D eigenvalue weighted by Crippen LogP contribution is 2.34. The Labute approximate surface area is 188 Å². The monoisotopic (exact) mass is 450 g/mol. The van der Waals surface area contributed by atoms with E-state index in [2.05, 4.69) is 22.3 Å². The molecular weight excluding hydrogens is 428 g/mol. The Kier molecular flexibility index (Phi) is 5.74. The fraction of sp³-hybridized carbons (Fsp3) is 0.304. The minimum absolute atomic E-state index is 0.0396. The van der Waals surface area contributed by atoms with Crippen LogP contribution in [0.5, 0.6) is 0 Å². The lowest BCUT2D eigenvalue weighted by atomic mass is 9.98. The predicted octanol–water partition coefficient (Wildman–Crippen LogP) is 5.30. The molecule has 1 fully saturated rings. The molecular formula is C23H22N4O2S2. The van der Waals surface area contributed by atoms with E-state index in [1.807, 2.05) is 42.2 Å². The number of thioether (sulfide) groups is 1. The van der Waals surface area contributed by atoms with Crippen molar-refractivity contribution in [2.45, 2.75) is 36.5 Å². The van der Waals surface area contributed by atoms with Gasteiger partial charge in [-0.3, -0.25) is 4.79 Å². The third-order valence-corrected chi connectivity index (χ3v) is 7.64. The average molecular weight is 451 g/mol. The zero-order valence-electron chi connectivity index (χ0n) is 17.2. The first-order valence-electron chi connectivity index (χ1n) is 10.3. The number of thiazole rings is 1. The summed E-state index contributed by atoms with van der Waals surface area (Å²) in [6.07, 6.45) is 3.77. The number of hydrogen-bond acceptors (Lipinski definition) is 7. The second kappa shape index (κ2) is 8.80. The molecule has 0 aliphatic carbocycles. The second-order valence-corrected chi connectivity index (χ2v) is 9.71. The van der Waals surface area contributed by atoms with E-state index < -0.39 is 0 Å². The maximum absolute atomic E-state index is 13.4. The number of hydrogen-bond donors (Lipinski definition) is 0. The number of amides is 1. The van der Waals surface area contributed by atoms with Crippen LogP contribution in [-0.2, 0) is 5.75 Å². The van der Waals surface area contributed by atoms with E-state index >= 15 is 0 Å². The van der Waals surface area contributed by atoms with Gasteiger partial charge in [0.1, 0.15) is 10.8 Å². The molecule has 4 heterocycles. The van der Waals surface area contributed by atoms with E-state index in [-0.39, 0.29) is 11.8 Å². The van der Waals surface area contributed by atoms with Crippen LogP contribution < -0.4 is 0 Å². The summed E-state index contributed by atoms with van der Waals surface area (Å²) in [5.41, 5.74) is 2.54. The summed E-state index contributed by atoms with van der Waals surface area (Å²) in [6.45, 7) is 3.33. The summed E-state index contributed by atoms with van der Waals surface area (Å²) in [5, 5.41) is 5.89. The Morgan fingerprint density at radius 2 is 2.19 bits per heavy atom. The van der Waals surface area contributed by atoms with E-state index in [1.54, 1.807) is 17.5 Å². The summed E-state index contributed by atoms with van der Waals surface area (Å²) < 4.78 is 6.34. The molecule has 0 spiro atoms. The number of aryl methyl sites for hydroxylation is 1. The number of fused-ring (bicyclic) bond motifs is 1. The normalized spacial score (nSPS) is 16.7. The lowest BCUT2D eigenvalue weighted by molar-refractivity contribution is 0.0702. The van der Waals surface area contributed by atoms with E-state index in [0.717, 1.165) is 46.4 Å². The van der Waals surface area contributed by atoms with Gasteiger partial charge in [0.05, 0.1) is 26.5 Å². The van der Waals surface area contributed by atoms with Crippen molar-refractivity contribution < 1.29 is 9.32 Å². The molecule has 1 saturated heterocycles. The van der Waals surface area contributed by atoms with Gasteiger partial charge in [0.25, 0.3) is 5.91 Å². The Hall–Kier alpha value is -2.71. The quantitative estimate of drug-likeness (QED) is 0.384. The fourth-order valence-electron chi connectivity index (χ4n) is 3.90. The molecule has 1 amide bonds. The van der Waals surface area contributed by atoms with E-state index in [1.165, 1.54) is 16.5 Å². The SMILES string of the molecule is Cc1cc(CSc2ncccc2C(=O)N2CCC[C@@H](c3nc4ccccc4s3)C2)no1. The summed E-state index contributed by atoms with van der Waals surface area (Å²) in [7, 11) is 0. The Bertz CT molecular complexity index is 1190. The van der Waals surface area contributed by atoms with Gasteiger partial charge in [0.2, 0.25) is 0 Å². The van der Waals surface area contributed by atoms with Gasteiger partial charge in [-0.15, -0.1) is 11.3 Å². The van der Waals surface area contributed by atoms with Gasteiger partial charge < -0.3 is 9.42 Å². The van der Waals surface area contributed by atoms with Gasteiger partial charge >= 0.3 is 0 Å². The first-order chi connectivity index (χ1) is 15.2. The molecule has 5 rings (SSSR count). The van der Waals surface area contributed by atoms with E-state index in [9.17, 15) is 4.79 Å². The lowest BCUT2D eigenvalue weighted by Crippen LogP contribution is -2.39. The molecule has 0 saturated carbocycles. The first kappa shape index (κ1) is 20.2. The van der Waals surface area contributed by atoms with Gasteiger partial charge in [-0.1, -0.05) is 29.1 Å². The van der Waals surface area contributed by atoms with Gasteiger partial charge in [-0.05, 0) is 44.0 Å². The largest absolute Gasteiger partial charge is 0.361 e. The summed E-state index contributed by atoms with van der Waals surface area (Å²) in [6, 6.07) is 13.8. The summed E-state index contributed by atoms with van der Waals surface area (Å²) >= 11 is 3.26. The number of likely N-dealkylation sites (tertiary alicyclic amines) is 1. The molecule has 0 radical (unpaired) electrons. The molecule has 0 bridgehead atoms. The van der Waals surface area contributed by atoms with Crippen LogP contribution in [0.3, 0.4) is 0 Å². The zero-order valence-corrected chi connectivity index (χ0v) is 18.8. The van der Waals surface area contributed by atoms with Crippen LogP contribution in [0, 0.1) is 6.92 Å². The number of aromatic nitrogens is 3. The number of rotatable bonds is 5. The van der Waals surface area contributed by atoms with Gasteiger partial charge in [0.15, 0.2) is 0 Å². The van der Waals surface area contributed by atoms with Crippen molar-refractivity contribution in [2.24, 2.45) is 0 Å². The molecule has 1 aromatic carbocycles. The number of carbonyl (C=O) groups is 1. The van der Waals surface area contributed by atoms with E-state index in [4.69, 9.17) is 9.51 Å². The fourth-order valence-corrected chi connectivity index (χ4v) is 5.86.